The Morgan fingerprint density at radius 1 is 0.352 bits per heavy atom. The van der Waals surface area contributed by atoms with Crippen molar-refractivity contribution in [1.82, 2.24) is 0 Å². The molecular formula is C49H96O5. The maximum absolute atomic E-state index is 12.1. The van der Waals surface area contributed by atoms with Crippen molar-refractivity contribution < 1.29 is 24.2 Å². The van der Waals surface area contributed by atoms with Crippen LogP contribution in [0.3, 0.4) is 0 Å². The largest absolute Gasteiger partial charge is 0.462 e. The van der Waals surface area contributed by atoms with Crippen molar-refractivity contribution in [1.29, 1.82) is 0 Å². The van der Waals surface area contributed by atoms with Gasteiger partial charge >= 0.3 is 11.9 Å². The number of rotatable bonds is 46. The molecule has 0 fully saturated rings. The molecular weight excluding hydrogens is 669 g/mol. The zero-order valence-corrected chi connectivity index (χ0v) is 36.8. The zero-order valence-electron chi connectivity index (χ0n) is 36.8. The fraction of sp³-hybridized carbons (Fsp3) is 0.959. The SMILES string of the molecule is CCCCCCCCCCCCCCCCCCCCCCCCCCCCCCCCCCCCCC(=O)OC(CO)COC(=O)CCCCCCC. The van der Waals surface area contributed by atoms with Gasteiger partial charge in [-0.25, -0.2) is 0 Å². The van der Waals surface area contributed by atoms with E-state index in [4.69, 9.17) is 9.47 Å². The van der Waals surface area contributed by atoms with Crippen LogP contribution >= 0.6 is 0 Å². The molecule has 0 bridgehead atoms. The first-order valence-corrected chi connectivity index (χ1v) is 24.6. The number of carbonyl (C=O) groups excluding carboxylic acids is 2. The molecule has 5 heteroatoms. The van der Waals surface area contributed by atoms with E-state index in [-0.39, 0.29) is 25.2 Å². The van der Waals surface area contributed by atoms with E-state index in [9.17, 15) is 14.7 Å². The van der Waals surface area contributed by atoms with Crippen LogP contribution in [0.2, 0.25) is 0 Å². The van der Waals surface area contributed by atoms with Crippen molar-refractivity contribution in [2.24, 2.45) is 0 Å². The van der Waals surface area contributed by atoms with Crippen LogP contribution in [0.1, 0.15) is 284 Å². The Kier molecular flexibility index (Phi) is 45.3. The summed E-state index contributed by atoms with van der Waals surface area (Å²) in [6.45, 7) is 4.08. The zero-order chi connectivity index (χ0) is 39.3. The van der Waals surface area contributed by atoms with Crippen molar-refractivity contribution in [2.45, 2.75) is 290 Å². The van der Waals surface area contributed by atoms with Gasteiger partial charge in [-0.1, -0.05) is 258 Å². The minimum atomic E-state index is -0.760. The number of hydrogen-bond donors (Lipinski definition) is 1. The number of carbonyl (C=O) groups is 2. The lowest BCUT2D eigenvalue weighted by molar-refractivity contribution is -0.161. The fourth-order valence-electron chi connectivity index (χ4n) is 7.68. The molecule has 0 aliphatic carbocycles. The first-order chi connectivity index (χ1) is 26.6. The first-order valence-electron chi connectivity index (χ1n) is 24.6. The van der Waals surface area contributed by atoms with Gasteiger partial charge in [-0.05, 0) is 12.8 Å². The quantitative estimate of drug-likeness (QED) is 0.0494. The molecule has 0 amide bonds. The highest BCUT2D eigenvalue weighted by Crippen LogP contribution is 2.17. The second-order valence-corrected chi connectivity index (χ2v) is 16.9. The average Bonchev–Trinajstić information content (AvgIpc) is 3.17. The molecule has 0 rings (SSSR count). The molecule has 0 saturated heterocycles. The lowest BCUT2D eigenvalue weighted by Gasteiger charge is -2.15. The van der Waals surface area contributed by atoms with E-state index in [0.29, 0.717) is 12.8 Å². The van der Waals surface area contributed by atoms with Crippen LogP contribution in [-0.4, -0.2) is 36.4 Å². The minimum absolute atomic E-state index is 0.0598. The number of hydrogen-bond acceptors (Lipinski definition) is 5. The Morgan fingerprint density at radius 2 is 0.574 bits per heavy atom. The maximum atomic E-state index is 12.1. The third kappa shape index (κ3) is 43.6. The summed E-state index contributed by atoms with van der Waals surface area (Å²) in [5, 5.41) is 9.49. The molecule has 1 atom stereocenters. The minimum Gasteiger partial charge on any atom is -0.462 e. The summed E-state index contributed by atoms with van der Waals surface area (Å²) < 4.78 is 10.5. The molecule has 322 valence electrons. The molecule has 54 heavy (non-hydrogen) atoms. The third-order valence-corrected chi connectivity index (χ3v) is 11.4. The number of ether oxygens (including phenoxy) is 2. The van der Waals surface area contributed by atoms with Crippen LogP contribution in [-0.2, 0) is 19.1 Å². The summed E-state index contributed by atoms with van der Waals surface area (Å²) in [5.41, 5.74) is 0. The number of aliphatic hydroxyl groups is 1. The fourth-order valence-corrected chi connectivity index (χ4v) is 7.68. The molecule has 0 heterocycles. The average molecular weight is 765 g/mol. The molecule has 0 saturated carbocycles. The van der Waals surface area contributed by atoms with Crippen LogP contribution in [0.15, 0.2) is 0 Å². The molecule has 0 aliphatic heterocycles. The Bertz CT molecular complexity index is 740. The van der Waals surface area contributed by atoms with Crippen LogP contribution in [0.5, 0.6) is 0 Å². The summed E-state index contributed by atoms with van der Waals surface area (Å²) in [7, 11) is 0. The Hall–Kier alpha value is -1.10. The predicted octanol–water partition coefficient (Wildman–Crippen LogP) is 15.9. The van der Waals surface area contributed by atoms with E-state index < -0.39 is 6.10 Å². The number of esters is 2. The lowest BCUT2D eigenvalue weighted by atomic mass is 10.0. The van der Waals surface area contributed by atoms with Gasteiger partial charge in [0.2, 0.25) is 0 Å². The Balaban J connectivity index is 3.27. The Morgan fingerprint density at radius 3 is 0.815 bits per heavy atom. The number of aliphatic hydroxyl groups excluding tert-OH is 1. The summed E-state index contributed by atoms with van der Waals surface area (Å²) in [6.07, 6.45) is 54.2. The molecule has 0 spiro atoms. The summed E-state index contributed by atoms with van der Waals surface area (Å²) in [5.74, 6) is -0.589. The Labute approximate surface area is 338 Å². The summed E-state index contributed by atoms with van der Waals surface area (Å²) in [4.78, 5) is 24.0. The molecule has 0 aromatic rings. The molecule has 0 aromatic carbocycles. The van der Waals surface area contributed by atoms with Gasteiger partial charge in [0, 0.05) is 12.8 Å². The van der Waals surface area contributed by atoms with Crippen LogP contribution < -0.4 is 0 Å². The number of unbranched alkanes of at least 4 members (excludes halogenated alkanes) is 38. The van der Waals surface area contributed by atoms with Gasteiger partial charge < -0.3 is 14.6 Å². The lowest BCUT2D eigenvalue weighted by Crippen LogP contribution is -2.28. The molecule has 5 nitrogen and oxygen atoms in total. The first kappa shape index (κ1) is 52.9. The van der Waals surface area contributed by atoms with Gasteiger partial charge in [0.1, 0.15) is 6.61 Å². The van der Waals surface area contributed by atoms with E-state index >= 15 is 0 Å². The molecule has 1 unspecified atom stereocenters. The summed E-state index contributed by atoms with van der Waals surface area (Å²) in [6, 6.07) is 0. The van der Waals surface area contributed by atoms with Gasteiger partial charge in [-0.15, -0.1) is 0 Å². The standard InChI is InChI=1S/C49H96O5/c1-3-5-7-9-10-11-12-13-14-15-16-17-18-19-20-21-22-23-24-25-26-27-28-29-30-31-32-33-34-35-36-37-38-40-42-44-49(52)54-47(45-50)46-53-48(51)43-41-39-8-6-4-2/h47,50H,3-46H2,1-2H3. The third-order valence-electron chi connectivity index (χ3n) is 11.4. The highest BCUT2D eigenvalue weighted by Gasteiger charge is 2.16. The van der Waals surface area contributed by atoms with Crippen molar-refractivity contribution >= 4 is 11.9 Å². The van der Waals surface area contributed by atoms with Gasteiger partial charge in [0.15, 0.2) is 6.10 Å². The van der Waals surface area contributed by atoms with Gasteiger partial charge in [-0.2, -0.15) is 0 Å². The van der Waals surface area contributed by atoms with Crippen molar-refractivity contribution in [2.75, 3.05) is 13.2 Å². The molecule has 1 N–H and O–H groups in total. The van der Waals surface area contributed by atoms with E-state index in [1.807, 2.05) is 0 Å². The normalized spacial score (nSPS) is 12.0. The van der Waals surface area contributed by atoms with Crippen LogP contribution in [0.4, 0.5) is 0 Å². The topological polar surface area (TPSA) is 72.8 Å². The van der Waals surface area contributed by atoms with Gasteiger partial charge in [-0.3, -0.25) is 9.59 Å². The van der Waals surface area contributed by atoms with E-state index in [1.54, 1.807) is 0 Å². The van der Waals surface area contributed by atoms with Gasteiger partial charge in [0.25, 0.3) is 0 Å². The second kappa shape index (κ2) is 46.3. The van der Waals surface area contributed by atoms with Crippen LogP contribution in [0, 0.1) is 0 Å². The van der Waals surface area contributed by atoms with Crippen LogP contribution in [0.25, 0.3) is 0 Å². The van der Waals surface area contributed by atoms with E-state index in [1.165, 1.54) is 218 Å². The van der Waals surface area contributed by atoms with Crippen molar-refractivity contribution in [3.63, 3.8) is 0 Å². The van der Waals surface area contributed by atoms with E-state index in [2.05, 4.69) is 13.8 Å². The highest BCUT2D eigenvalue weighted by molar-refractivity contribution is 5.70. The monoisotopic (exact) mass is 765 g/mol. The van der Waals surface area contributed by atoms with Crippen molar-refractivity contribution in [3.8, 4) is 0 Å². The predicted molar refractivity (Wildman–Crippen MR) is 233 cm³/mol. The molecule has 0 aliphatic rings. The highest BCUT2D eigenvalue weighted by atomic mass is 16.6. The maximum Gasteiger partial charge on any atom is 0.306 e. The van der Waals surface area contributed by atoms with Crippen molar-refractivity contribution in [3.05, 3.63) is 0 Å². The van der Waals surface area contributed by atoms with E-state index in [0.717, 1.165) is 38.5 Å². The molecule has 0 aromatic heterocycles. The van der Waals surface area contributed by atoms with Gasteiger partial charge in [0.05, 0.1) is 6.61 Å². The molecule has 0 radical (unpaired) electrons. The smallest absolute Gasteiger partial charge is 0.306 e. The second-order valence-electron chi connectivity index (χ2n) is 16.9. The summed E-state index contributed by atoms with van der Waals surface area (Å²) >= 11 is 0.